The zero-order valence-electron chi connectivity index (χ0n) is 17.7. The Labute approximate surface area is 181 Å². The molecule has 3 rings (SSSR count). The molecule has 2 aromatic rings. The second-order valence-corrected chi connectivity index (χ2v) is 9.16. The summed E-state index contributed by atoms with van der Waals surface area (Å²) in [7, 11) is -4.13. The fourth-order valence-corrected chi connectivity index (χ4v) is 4.99. The van der Waals surface area contributed by atoms with E-state index < -0.39 is 34.4 Å². The molecule has 3 amide bonds. The molecule has 1 heterocycles. The largest absolute Gasteiger partial charge is 0.355 e. The van der Waals surface area contributed by atoms with Gasteiger partial charge >= 0.3 is 0 Å². The SMILES string of the molecule is CCNC(=O)[C@@H](C)N(Cc1ccccc1C)C(=O)CN1C(=O)c2ccccc2S1(=O)=O. The third-order valence-electron chi connectivity index (χ3n) is 5.31. The first-order valence-corrected chi connectivity index (χ1v) is 11.4. The standard InChI is InChI=1S/C22H25N3O5S/c1-4-23-21(27)16(3)24(13-17-10-6-5-9-15(17)2)20(26)14-25-22(28)18-11-7-8-12-19(18)31(25,29)30/h5-12,16H,4,13-14H2,1-3H3,(H,23,27)/t16-/m1/s1. The first-order valence-electron chi connectivity index (χ1n) is 9.96. The van der Waals surface area contributed by atoms with Crippen molar-refractivity contribution in [1.29, 1.82) is 0 Å². The molecule has 1 N–H and O–H groups in total. The van der Waals surface area contributed by atoms with Crippen molar-refractivity contribution in [3.63, 3.8) is 0 Å². The molecule has 31 heavy (non-hydrogen) atoms. The number of nitrogens with zero attached hydrogens (tertiary/aromatic N) is 2. The van der Waals surface area contributed by atoms with Gasteiger partial charge in [-0.25, -0.2) is 12.7 Å². The van der Waals surface area contributed by atoms with Gasteiger partial charge in [0.05, 0.1) is 5.56 Å². The first kappa shape index (κ1) is 22.5. The number of hydrogen-bond donors (Lipinski definition) is 1. The Morgan fingerprint density at radius 1 is 1.10 bits per heavy atom. The van der Waals surface area contributed by atoms with E-state index in [-0.39, 0.29) is 22.9 Å². The molecule has 1 atom stereocenters. The van der Waals surface area contributed by atoms with Crippen LogP contribution in [0.15, 0.2) is 53.4 Å². The van der Waals surface area contributed by atoms with Crippen molar-refractivity contribution >= 4 is 27.7 Å². The highest BCUT2D eigenvalue weighted by Crippen LogP contribution is 2.30. The van der Waals surface area contributed by atoms with Crippen LogP contribution >= 0.6 is 0 Å². The Morgan fingerprint density at radius 2 is 1.74 bits per heavy atom. The fraction of sp³-hybridized carbons (Fsp3) is 0.318. The Balaban J connectivity index is 1.91. The number of carbonyl (C=O) groups is 3. The number of fused-ring (bicyclic) bond motifs is 1. The lowest BCUT2D eigenvalue weighted by Gasteiger charge is -2.30. The van der Waals surface area contributed by atoms with E-state index in [0.29, 0.717) is 10.8 Å². The maximum Gasteiger partial charge on any atom is 0.269 e. The van der Waals surface area contributed by atoms with Crippen LogP contribution in [0.2, 0.25) is 0 Å². The summed E-state index contributed by atoms with van der Waals surface area (Å²) in [5, 5.41) is 2.68. The molecular weight excluding hydrogens is 418 g/mol. The topological polar surface area (TPSA) is 104 Å². The van der Waals surface area contributed by atoms with Gasteiger partial charge in [0.1, 0.15) is 17.5 Å². The van der Waals surface area contributed by atoms with Gasteiger partial charge in [-0.1, -0.05) is 36.4 Å². The normalized spacial score (nSPS) is 15.3. The fourth-order valence-electron chi connectivity index (χ4n) is 3.48. The molecule has 0 saturated heterocycles. The predicted octanol–water partition coefficient (Wildman–Crippen LogP) is 1.69. The summed E-state index contributed by atoms with van der Waals surface area (Å²) < 4.78 is 26.2. The molecular formula is C22H25N3O5S. The van der Waals surface area contributed by atoms with Gasteiger partial charge in [-0.3, -0.25) is 14.4 Å². The van der Waals surface area contributed by atoms with Gasteiger partial charge in [-0.15, -0.1) is 0 Å². The lowest BCUT2D eigenvalue weighted by atomic mass is 10.1. The molecule has 0 radical (unpaired) electrons. The Kier molecular flexibility index (Phi) is 6.45. The summed E-state index contributed by atoms with van der Waals surface area (Å²) in [6.07, 6.45) is 0. The summed E-state index contributed by atoms with van der Waals surface area (Å²) >= 11 is 0. The van der Waals surface area contributed by atoms with Crippen LogP contribution in [-0.2, 0) is 26.2 Å². The maximum atomic E-state index is 13.2. The second kappa shape index (κ2) is 8.89. The monoisotopic (exact) mass is 443 g/mol. The average molecular weight is 444 g/mol. The number of aryl methyl sites for hydroxylation is 1. The van der Waals surface area contributed by atoms with Crippen molar-refractivity contribution < 1.29 is 22.8 Å². The van der Waals surface area contributed by atoms with Crippen LogP contribution in [0.4, 0.5) is 0 Å². The summed E-state index contributed by atoms with van der Waals surface area (Å²) in [4.78, 5) is 39.6. The minimum absolute atomic E-state index is 0.0394. The zero-order valence-corrected chi connectivity index (χ0v) is 18.5. The predicted molar refractivity (Wildman–Crippen MR) is 115 cm³/mol. The molecule has 8 nitrogen and oxygen atoms in total. The molecule has 0 aromatic heterocycles. The minimum Gasteiger partial charge on any atom is -0.355 e. The third-order valence-corrected chi connectivity index (χ3v) is 7.10. The van der Waals surface area contributed by atoms with E-state index in [2.05, 4.69) is 5.32 Å². The van der Waals surface area contributed by atoms with E-state index in [1.165, 1.54) is 23.1 Å². The summed E-state index contributed by atoms with van der Waals surface area (Å²) in [6.45, 7) is 5.06. The van der Waals surface area contributed by atoms with Crippen molar-refractivity contribution in [2.24, 2.45) is 0 Å². The van der Waals surface area contributed by atoms with Crippen LogP contribution in [0.3, 0.4) is 0 Å². The number of carbonyl (C=O) groups excluding carboxylic acids is 3. The highest BCUT2D eigenvalue weighted by atomic mass is 32.2. The van der Waals surface area contributed by atoms with Gasteiger partial charge in [0, 0.05) is 13.1 Å². The molecule has 9 heteroatoms. The van der Waals surface area contributed by atoms with Crippen molar-refractivity contribution in [1.82, 2.24) is 14.5 Å². The highest BCUT2D eigenvalue weighted by Gasteiger charge is 2.43. The van der Waals surface area contributed by atoms with Crippen LogP contribution in [0.1, 0.15) is 35.3 Å². The Morgan fingerprint density at radius 3 is 2.39 bits per heavy atom. The van der Waals surface area contributed by atoms with Crippen LogP contribution in [-0.4, -0.2) is 54.5 Å². The molecule has 1 aliphatic heterocycles. The number of benzene rings is 2. The van der Waals surface area contributed by atoms with Crippen LogP contribution < -0.4 is 5.32 Å². The number of amides is 3. The molecule has 2 aromatic carbocycles. The quantitative estimate of drug-likeness (QED) is 0.701. The highest BCUT2D eigenvalue weighted by molar-refractivity contribution is 7.90. The van der Waals surface area contributed by atoms with Gasteiger partial charge in [-0.2, -0.15) is 0 Å². The van der Waals surface area contributed by atoms with Crippen LogP contribution in [0.25, 0.3) is 0 Å². The molecule has 0 unspecified atom stereocenters. The maximum absolute atomic E-state index is 13.2. The zero-order chi connectivity index (χ0) is 22.8. The summed E-state index contributed by atoms with van der Waals surface area (Å²) in [5.41, 5.74) is 1.80. The second-order valence-electron chi connectivity index (χ2n) is 7.33. The van der Waals surface area contributed by atoms with E-state index in [9.17, 15) is 22.8 Å². The van der Waals surface area contributed by atoms with Gasteiger partial charge in [0.2, 0.25) is 11.8 Å². The van der Waals surface area contributed by atoms with Crippen molar-refractivity contribution in [3.05, 3.63) is 65.2 Å². The van der Waals surface area contributed by atoms with E-state index in [1.807, 2.05) is 31.2 Å². The number of hydrogen-bond acceptors (Lipinski definition) is 5. The molecule has 1 aliphatic rings. The van der Waals surface area contributed by atoms with Crippen LogP contribution in [0.5, 0.6) is 0 Å². The van der Waals surface area contributed by atoms with E-state index >= 15 is 0 Å². The Bertz CT molecular complexity index is 1130. The molecule has 0 aliphatic carbocycles. The smallest absolute Gasteiger partial charge is 0.269 e. The number of rotatable bonds is 7. The van der Waals surface area contributed by atoms with E-state index in [4.69, 9.17) is 0 Å². The molecule has 0 saturated carbocycles. The Hall–Kier alpha value is -3.20. The number of nitrogens with one attached hydrogen (secondary N) is 1. The molecule has 0 spiro atoms. The van der Waals surface area contributed by atoms with E-state index in [0.717, 1.165) is 11.1 Å². The van der Waals surface area contributed by atoms with Gasteiger partial charge in [-0.05, 0) is 44.0 Å². The number of likely N-dealkylation sites (N-methyl/N-ethyl adjacent to an activating group) is 1. The average Bonchev–Trinajstić information content (AvgIpc) is 2.93. The summed E-state index contributed by atoms with van der Waals surface area (Å²) in [6, 6.07) is 12.4. The molecule has 0 bridgehead atoms. The minimum atomic E-state index is -4.13. The number of sulfonamides is 1. The van der Waals surface area contributed by atoms with Crippen molar-refractivity contribution in [3.8, 4) is 0 Å². The first-order chi connectivity index (χ1) is 14.7. The molecule has 0 fully saturated rings. The summed E-state index contributed by atoms with van der Waals surface area (Å²) in [5.74, 6) is -1.74. The van der Waals surface area contributed by atoms with Gasteiger partial charge in [0.15, 0.2) is 0 Å². The van der Waals surface area contributed by atoms with Gasteiger partial charge in [0.25, 0.3) is 15.9 Å². The lowest BCUT2D eigenvalue weighted by Crippen LogP contribution is -2.51. The molecule has 164 valence electrons. The third kappa shape index (κ3) is 4.32. The van der Waals surface area contributed by atoms with Crippen molar-refractivity contribution in [2.45, 2.75) is 38.3 Å². The van der Waals surface area contributed by atoms with Gasteiger partial charge < -0.3 is 10.2 Å². The van der Waals surface area contributed by atoms with E-state index in [1.54, 1.807) is 19.9 Å². The van der Waals surface area contributed by atoms with Crippen molar-refractivity contribution in [2.75, 3.05) is 13.1 Å². The van der Waals surface area contributed by atoms with Crippen LogP contribution in [0, 0.1) is 6.92 Å². The lowest BCUT2D eigenvalue weighted by molar-refractivity contribution is -0.140.